The number of anilines is 1. The van der Waals surface area contributed by atoms with Crippen LogP contribution in [0.5, 0.6) is 5.75 Å². The van der Waals surface area contributed by atoms with Crippen LogP contribution in [0, 0.1) is 18.3 Å². The number of carbonyl (C=O) groups is 1. The summed E-state index contributed by atoms with van der Waals surface area (Å²) in [5.74, 6) is -0.0257. The minimum Gasteiger partial charge on any atom is -0.488 e. The first kappa shape index (κ1) is 19.6. The first-order valence-electron chi connectivity index (χ1n) is 7.67. The summed E-state index contributed by atoms with van der Waals surface area (Å²) in [7, 11) is 0. The molecule has 4 nitrogen and oxygen atoms in total. The molecule has 6 heteroatoms. The van der Waals surface area contributed by atoms with Gasteiger partial charge in [-0.3, -0.25) is 4.79 Å². The summed E-state index contributed by atoms with van der Waals surface area (Å²) < 4.78 is 5.40. The number of amides is 1. The third-order valence-electron chi connectivity index (χ3n) is 3.50. The molecule has 0 heterocycles. The highest BCUT2D eigenvalue weighted by Gasteiger charge is 2.12. The summed E-state index contributed by atoms with van der Waals surface area (Å²) in [6.45, 7) is 5.69. The summed E-state index contributed by atoms with van der Waals surface area (Å²) in [6.07, 6.45) is 3.07. The molecule has 0 fully saturated rings. The van der Waals surface area contributed by atoms with E-state index in [9.17, 15) is 10.1 Å². The lowest BCUT2D eigenvalue weighted by Gasteiger charge is -2.09. The molecule has 2 aromatic carbocycles. The number of hydrogen-bond acceptors (Lipinski definition) is 3. The van der Waals surface area contributed by atoms with Gasteiger partial charge in [0.2, 0.25) is 0 Å². The van der Waals surface area contributed by atoms with Crippen molar-refractivity contribution in [2.24, 2.45) is 0 Å². The van der Waals surface area contributed by atoms with Gasteiger partial charge < -0.3 is 10.1 Å². The molecule has 2 rings (SSSR count). The van der Waals surface area contributed by atoms with Crippen molar-refractivity contribution in [3.63, 3.8) is 0 Å². The average Bonchev–Trinajstić information content (AvgIpc) is 2.62. The van der Waals surface area contributed by atoms with Crippen molar-refractivity contribution < 1.29 is 9.53 Å². The van der Waals surface area contributed by atoms with Crippen molar-refractivity contribution in [2.75, 3.05) is 11.9 Å². The van der Waals surface area contributed by atoms with Crippen molar-refractivity contribution in [3.8, 4) is 11.8 Å². The zero-order chi connectivity index (χ0) is 19.1. The highest BCUT2D eigenvalue weighted by molar-refractivity contribution is 6.32. The molecule has 26 heavy (non-hydrogen) atoms. The van der Waals surface area contributed by atoms with E-state index in [1.165, 1.54) is 6.08 Å². The summed E-state index contributed by atoms with van der Waals surface area (Å²) in [4.78, 5) is 12.4. The molecule has 0 spiro atoms. The van der Waals surface area contributed by atoms with E-state index in [1.54, 1.807) is 49.4 Å². The molecule has 132 valence electrons. The van der Waals surface area contributed by atoms with E-state index < -0.39 is 5.91 Å². The average molecular weight is 387 g/mol. The zero-order valence-electron chi connectivity index (χ0n) is 14.1. The lowest BCUT2D eigenvalue weighted by Crippen LogP contribution is -2.14. The fraction of sp³-hybridized carbons (Fsp3) is 0.100. The minimum absolute atomic E-state index is 0.0554. The van der Waals surface area contributed by atoms with Crippen LogP contribution in [0.25, 0.3) is 6.08 Å². The van der Waals surface area contributed by atoms with E-state index in [0.29, 0.717) is 33.7 Å². The van der Waals surface area contributed by atoms with Crippen molar-refractivity contribution in [3.05, 3.63) is 75.8 Å². The summed E-state index contributed by atoms with van der Waals surface area (Å²) in [5.41, 5.74) is 1.83. The fourth-order valence-corrected chi connectivity index (χ4v) is 2.54. The molecule has 0 atom stereocenters. The lowest BCUT2D eigenvalue weighted by atomic mass is 10.1. The van der Waals surface area contributed by atoms with Gasteiger partial charge >= 0.3 is 0 Å². The Kier molecular flexibility index (Phi) is 6.85. The Morgan fingerprint density at radius 3 is 2.73 bits per heavy atom. The summed E-state index contributed by atoms with van der Waals surface area (Å²) in [5, 5.41) is 12.9. The Labute approximate surface area is 162 Å². The number of carbonyl (C=O) groups excluding carboxylic acids is 1. The molecular formula is C20H16Cl2N2O2. The van der Waals surface area contributed by atoms with Gasteiger partial charge in [-0.05, 0) is 48.4 Å². The first-order chi connectivity index (χ1) is 12.5. The van der Waals surface area contributed by atoms with Gasteiger partial charge in [-0.15, -0.1) is 0 Å². The van der Waals surface area contributed by atoms with E-state index in [-0.39, 0.29) is 5.57 Å². The monoisotopic (exact) mass is 386 g/mol. The molecular weight excluding hydrogens is 371 g/mol. The Morgan fingerprint density at radius 2 is 2.08 bits per heavy atom. The van der Waals surface area contributed by atoms with Crippen LogP contribution in [0.2, 0.25) is 10.0 Å². The molecule has 0 aromatic heterocycles. The van der Waals surface area contributed by atoms with Crippen molar-refractivity contribution >= 4 is 40.9 Å². The number of nitrogens with zero attached hydrogens (tertiary/aromatic N) is 1. The molecule has 0 saturated carbocycles. The molecule has 0 aliphatic rings. The number of rotatable bonds is 6. The molecule has 0 unspecified atom stereocenters. The number of hydrogen-bond donors (Lipinski definition) is 1. The molecule has 1 amide bonds. The van der Waals surface area contributed by atoms with Gasteiger partial charge in [0.25, 0.3) is 5.91 Å². The Hall–Kier alpha value is -2.74. The van der Waals surface area contributed by atoms with Crippen LogP contribution in [-0.2, 0) is 4.79 Å². The second-order valence-electron chi connectivity index (χ2n) is 5.33. The molecule has 2 aromatic rings. The zero-order valence-corrected chi connectivity index (χ0v) is 15.6. The number of nitriles is 1. The quantitative estimate of drug-likeness (QED) is 0.409. The predicted octanol–water partition coefficient (Wildman–Crippen LogP) is 5.41. The van der Waals surface area contributed by atoms with Crippen LogP contribution in [-0.4, -0.2) is 12.5 Å². The van der Waals surface area contributed by atoms with Gasteiger partial charge in [0, 0.05) is 10.7 Å². The van der Waals surface area contributed by atoms with Crippen molar-refractivity contribution in [2.45, 2.75) is 6.92 Å². The van der Waals surface area contributed by atoms with Gasteiger partial charge in [0.1, 0.15) is 24.0 Å². The third-order valence-corrected chi connectivity index (χ3v) is 4.21. The molecule has 1 N–H and O–H groups in total. The maximum atomic E-state index is 12.4. The standard InChI is InChI=1S/C20H16Cl2N2O2/c1-3-9-26-19-8-7-14(11-17(19)22)10-15(12-23)20(25)24-18-6-4-5-16(21)13(18)2/h3-8,10-11H,1,9H2,2H3,(H,24,25)/b15-10+. The minimum atomic E-state index is -0.527. The Bertz CT molecular complexity index is 915. The molecule has 0 bridgehead atoms. The molecule has 0 aliphatic heterocycles. The fourth-order valence-electron chi connectivity index (χ4n) is 2.12. The maximum absolute atomic E-state index is 12.4. The van der Waals surface area contributed by atoms with Gasteiger partial charge in [-0.25, -0.2) is 0 Å². The first-order valence-corrected chi connectivity index (χ1v) is 8.43. The smallest absolute Gasteiger partial charge is 0.266 e. The highest BCUT2D eigenvalue weighted by Crippen LogP contribution is 2.27. The van der Waals surface area contributed by atoms with Gasteiger partial charge in [0.15, 0.2) is 0 Å². The topological polar surface area (TPSA) is 62.1 Å². The van der Waals surface area contributed by atoms with Crippen molar-refractivity contribution in [1.82, 2.24) is 0 Å². The second kappa shape index (κ2) is 9.10. The summed E-state index contributed by atoms with van der Waals surface area (Å²) >= 11 is 12.2. The molecule has 0 saturated heterocycles. The van der Waals surface area contributed by atoms with Crippen LogP contribution in [0.3, 0.4) is 0 Å². The third kappa shape index (κ3) is 4.89. The largest absolute Gasteiger partial charge is 0.488 e. The van der Waals surface area contributed by atoms with Gasteiger partial charge in [0.05, 0.1) is 5.02 Å². The van der Waals surface area contributed by atoms with Crippen LogP contribution in [0.1, 0.15) is 11.1 Å². The van der Waals surface area contributed by atoms with Crippen LogP contribution in [0.4, 0.5) is 5.69 Å². The predicted molar refractivity (Wildman–Crippen MR) is 106 cm³/mol. The normalized spacial score (nSPS) is 10.8. The van der Waals surface area contributed by atoms with Gasteiger partial charge in [-0.2, -0.15) is 5.26 Å². The Balaban J connectivity index is 2.23. The van der Waals surface area contributed by atoms with E-state index in [0.717, 1.165) is 5.56 Å². The van der Waals surface area contributed by atoms with Crippen LogP contribution in [0.15, 0.2) is 54.6 Å². The van der Waals surface area contributed by atoms with Gasteiger partial charge in [-0.1, -0.05) is 48.0 Å². The maximum Gasteiger partial charge on any atom is 0.266 e. The van der Waals surface area contributed by atoms with E-state index in [1.807, 2.05) is 6.07 Å². The highest BCUT2D eigenvalue weighted by atomic mass is 35.5. The summed E-state index contributed by atoms with van der Waals surface area (Å²) in [6, 6.07) is 12.1. The molecule has 0 aliphatic carbocycles. The number of nitrogens with one attached hydrogen (secondary N) is 1. The lowest BCUT2D eigenvalue weighted by molar-refractivity contribution is -0.112. The number of halogens is 2. The Morgan fingerprint density at radius 1 is 1.31 bits per heavy atom. The molecule has 0 radical (unpaired) electrons. The van der Waals surface area contributed by atoms with E-state index in [4.69, 9.17) is 27.9 Å². The number of benzene rings is 2. The number of ether oxygens (including phenoxy) is 1. The van der Waals surface area contributed by atoms with Crippen LogP contribution >= 0.6 is 23.2 Å². The van der Waals surface area contributed by atoms with E-state index in [2.05, 4.69) is 11.9 Å². The van der Waals surface area contributed by atoms with Crippen molar-refractivity contribution in [1.29, 1.82) is 5.26 Å². The van der Waals surface area contributed by atoms with E-state index >= 15 is 0 Å². The second-order valence-corrected chi connectivity index (χ2v) is 6.14. The SMILES string of the molecule is C=CCOc1ccc(/C=C(\C#N)C(=O)Nc2cccc(Cl)c2C)cc1Cl. The van der Waals surface area contributed by atoms with Crippen LogP contribution < -0.4 is 10.1 Å².